The van der Waals surface area contributed by atoms with Gasteiger partial charge < -0.3 is 5.32 Å². The van der Waals surface area contributed by atoms with Gasteiger partial charge in [-0.25, -0.2) is 4.39 Å². The van der Waals surface area contributed by atoms with Gasteiger partial charge in [-0.1, -0.05) is 28.1 Å². The molecule has 1 N–H and O–H groups in total. The summed E-state index contributed by atoms with van der Waals surface area (Å²) in [4.78, 5) is 10.9. The monoisotopic (exact) mass is 259 g/mol. The first-order chi connectivity index (χ1) is 6.63. The number of halogens is 2. The summed E-state index contributed by atoms with van der Waals surface area (Å²) >= 11 is 3.03. The van der Waals surface area contributed by atoms with Crippen LogP contribution in [0.25, 0.3) is 0 Å². The number of amides is 1. The van der Waals surface area contributed by atoms with Gasteiger partial charge in [0.05, 0.1) is 5.33 Å². The van der Waals surface area contributed by atoms with Crippen molar-refractivity contribution in [3.8, 4) is 0 Å². The summed E-state index contributed by atoms with van der Waals surface area (Å²) in [6.07, 6.45) is 0. The van der Waals surface area contributed by atoms with Gasteiger partial charge in [0.2, 0.25) is 5.91 Å². The molecule has 2 nitrogen and oxygen atoms in total. The van der Waals surface area contributed by atoms with Crippen molar-refractivity contribution in [2.75, 3.05) is 5.33 Å². The number of hydrogen-bond donors (Lipinski definition) is 1. The molecule has 14 heavy (non-hydrogen) atoms. The smallest absolute Gasteiger partial charge is 0.230 e. The molecule has 0 saturated carbocycles. The molecule has 0 fully saturated rings. The van der Waals surface area contributed by atoms with E-state index in [1.807, 2.05) is 0 Å². The summed E-state index contributed by atoms with van der Waals surface area (Å²) in [6, 6.07) is 4.93. The minimum absolute atomic E-state index is 0.106. The number of nitrogens with one attached hydrogen (secondary N) is 1. The van der Waals surface area contributed by atoms with Gasteiger partial charge in [-0.3, -0.25) is 4.79 Å². The highest BCUT2D eigenvalue weighted by molar-refractivity contribution is 9.09. The Bertz CT molecular complexity index is 341. The Hall–Kier alpha value is -0.900. The summed E-state index contributed by atoms with van der Waals surface area (Å²) in [6.45, 7) is 2.07. The molecular weight excluding hydrogens is 249 g/mol. The van der Waals surface area contributed by atoms with Crippen LogP contribution in [-0.2, 0) is 11.3 Å². The van der Waals surface area contributed by atoms with Crippen LogP contribution in [0.2, 0.25) is 0 Å². The summed E-state index contributed by atoms with van der Waals surface area (Å²) < 4.78 is 13.1. The van der Waals surface area contributed by atoms with Gasteiger partial charge >= 0.3 is 0 Å². The largest absolute Gasteiger partial charge is 0.351 e. The van der Waals surface area contributed by atoms with Crippen LogP contribution in [0.15, 0.2) is 18.2 Å². The maximum Gasteiger partial charge on any atom is 0.230 e. The summed E-state index contributed by atoms with van der Waals surface area (Å²) in [7, 11) is 0. The minimum Gasteiger partial charge on any atom is -0.351 e. The van der Waals surface area contributed by atoms with E-state index >= 15 is 0 Å². The van der Waals surface area contributed by atoms with Crippen LogP contribution in [-0.4, -0.2) is 11.2 Å². The average Bonchev–Trinajstić information content (AvgIpc) is 2.19. The lowest BCUT2D eigenvalue weighted by atomic mass is 10.1. The Morgan fingerprint density at radius 2 is 2.29 bits per heavy atom. The van der Waals surface area contributed by atoms with Crippen LogP contribution in [0.1, 0.15) is 11.1 Å². The third-order valence-electron chi connectivity index (χ3n) is 1.85. The van der Waals surface area contributed by atoms with Crippen molar-refractivity contribution < 1.29 is 9.18 Å². The van der Waals surface area contributed by atoms with Gasteiger partial charge in [0, 0.05) is 6.54 Å². The Morgan fingerprint density at radius 3 is 2.86 bits per heavy atom. The van der Waals surface area contributed by atoms with Crippen molar-refractivity contribution in [3.63, 3.8) is 0 Å². The molecule has 0 saturated heterocycles. The maximum atomic E-state index is 13.1. The number of benzene rings is 1. The van der Waals surface area contributed by atoms with Gasteiger partial charge in [0.15, 0.2) is 0 Å². The molecule has 0 spiro atoms. The molecule has 4 heteroatoms. The first-order valence-corrected chi connectivity index (χ1v) is 5.33. The molecule has 1 aromatic rings. The van der Waals surface area contributed by atoms with Crippen LogP contribution < -0.4 is 5.32 Å². The average molecular weight is 260 g/mol. The molecule has 0 aliphatic carbocycles. The highest BCUT2D eigenvalue weighted by Crippen LogP contribution is 2.08. The highest BCUT2D eigenvalue weighted by Gasteiger charge is 2.01. The molecule has 0 atom stereocenters. The number of rotatable bonds is 3. The summed E-state index contributed by atoms with van der Waals surface area (Å²) in [5.74, 6) is -0.346. The molecule has 0 aliphatic heterocycles. The molecule has 76 valence electrons. The predicted molar refractivity (Wildman–Crippen MR) is 56.8 cm³/mol. The predicted octanol–water partition coefficient (Wildman–Crippen LogP) is 2.15. The first kappa shape index (κ1) is 11.2. The Morgan fingerprint density at radius 1 is 1.57 bits per heavy atom. The first-order valence-electron chi connectivity index (χ1n) is 4.21. The van der Waals surface area contributed by atoms with Crippen LogP contribution in [0, 0.1) is 12.7 Å². The van der Waals surface area contributed by atoms with Gasteiger partial charge in [-0.15, -0.1) is 0 Å². The van der Waals surface area contributed by atoms with Gasteiger partial charge in [0.1, 0.15) is 5.82 Å². The van der Waals surface area contributed by atoms with E-state index in [1.54, 1.807) is 19.1 Å². The standard InChI is InChI=1S/C10H11BrFNO/c1-7-2-3-8(4-9(7)12)6-13-10(14)5-11/h2-4H,5-6H2,1H3,(H,13,14). The van der Waals surface area contributed by atoms with Crippen molar-refractivity contribution in [1.29, 1.82) is 0 Å². The van der Waals surface area contributed by atoms with Crippen LogP contribution in [0.4, 0.5) is 4.39 Å². The van der Waals surface area contributed by atoms with E-state index in [0.29, 0.717) is 12.1 Å². The number of carbonyl (C=O) groups excluding carboxylic acids is 1. The van der Waals surface area contributed by atoms with Crippen LogP contribution in [0.5, 0.6) is 0 Å². The van der Waals surface area contributed by atoms with E-state index in [-0.39, 0.29) is 17.1 Å². The third kappa shape index (κ3) is 3.10. The minimum atomic E-state index is -0.240. The zero-order chi connectivity index (χ0) is 10.6. The Balaban J connectivity index is 2.60. The number of carbonyl (C=O) groups is 1. The fraction of sp³-hybridized carbons (Fsp3) is 0.300. The lowest BCUT2D eigenvalue weighted by molar-refractivity contribution is -0.118. The molecule has 0 unspecified atom stereocenters. The summed E-state index contributed by atoms with van der Waals surface area (Å²) in [5, 5.41) is 2.91. The van der Waals surface area contributed by atoms with E-state index in [0.717, 1.165) is 5.56 Å². The Labute approximate surface area is 90.6 Å². The van der Waals surface area contributed by atoms with E-state index in [2.05, 4.69) is 21.2 Å². The van der Waals surface area contributed by atoms with Gasteiger partial charge in [0.25, 0.3) is 0 Å². The normalized spacial score (nSPS) is 9.93. The topological polar surface area (TPSA) is 29.1 Å². The third-order valence-corrected chi connectivity index (χ3v) is 2.36. The molecule has 0 bridgehead atoms. The van der Waals surface area contributed by atoms with Crippen molar-refractivity contribution in [3.05, 3.63) is 35.1 Å². The van der Waals surface area contributed by atoms with Crippen LogP contribution in [0.3, 0.4) is 0 Å². The zero-order valence-corrected chi connectivity index (χ0v) is 9.40. The molecule has 1 rings (SSSR count). The van der Waals surface area contributed by atoms with Crippen molar-refractivity contribution >= 4 is 21.8 Å². The van der Waals surface area contributed by atoms with E-state index in [9.17, 15) is 9.18 Å². The number of aryl methyl sites for hydroxylation is 1. The SMILES string of the molecule is Cc1ccc(CNC(=O)CBr)cc1F. The highest BCUT2D eigenvalue weighted by atomic mass is 79.9. The van der Waals surface area contributed by atoms with E-state index in [4.69, 9.17) is 0 Å². The van der Waals surface area contributed by atoms with E-state index in [1.165, 1.54) is 6.07 Å². The quantitative estimate of drug-likeness (QED) is 0.829. The second-order valence-electron chi connectivity index (χ2n) is 2.99. The molecular formula is C10H11BrFNO. The maximum absolute atomic E-state index is 13.1. The fourth-order valence-corrected chi connectivity index (χ4v) is 1.19. The molecule has 0 aromatic heterocycles. The second-order valence-corrected chi connectivity index (χ2v) is 3.55. The van der Waals surface area contributed by atoms with Crippen molar-refractivity contribution in [2.24, 2.45) is 0 Å². The molecule has 1 aromatic carbocycles. The summed E-state index contributed by atoms with van der Waals surface area (Å²) in [5.41, 5.74) is 1.38. The molecule has 0 aliphatic rings. The van der Waals surface area contributed by atoms with Crippen LogP contribution >= 0.6 is 15.9 Å². The molecule has 0 heterocycles. The number of hydrogen-bond acceptors (Lipinski definition) is 1. The Kier molecular flexibility index (Phi) is 4.07. The van der Waals surface area contributed by atoms with Crippen molar-refractivity contribution in [2.45, 2.75) is 13.5 Å². The van der Waals surface area contributed by atoms with Gasteiger partial charge in [-0.05, 0) is 24.1 Å². The fourth-order valence-electron chi connectivity index (χ4n) is 0.994. The second kappa shape index (κ2) is 5.10. The lowest BCUT2D eigenvalue weighted by Gasteiger charge is -2.04. The molecule has 1 amide bonds. The van der Waals surface area contributed by atoms with E-state index < -0.39 is 0 Å². The lowest BCUT2D eigenvalue weighted by Crippen LogP contribution is -2.23. The number of alkyl halides is 1. The molecule has 0 radical (unpaired) electrons. The van der Waals surface area contributed by atoms with Crippen molar-refractivity contribution in [1.82, 2.24) is 5.32 Å². The zero-order valence-electron chi connectivity index (χ0n) is 7.81. The van der Waals surface area contributed by atoms with Gasteiger partial charge in [-0.2, -0.15) is 0 Å².